The number of amides is 1. The number of hydrogen-bond acceptors (Lipinski definition) is 5. The minimum Gasteiger partial charge on any atom is -0.488 e. The van der Waals surface area contributed by atoms with Crippen LogP contribution in [-0.4, -0.2) is 44.4 Å². The predicted molar refractivity (Wildman–Crippen MR) is 102 cm³/mol. The molecule has 3 rings (SSSR count). The molecule has 1 fully saturated rings. The molecule has 4 N–H and O–H groups in total. The predicted octanol–water partition coefficient (Wildman–Crippen LogP) is 1.29. The first-order valence-corrected chi connectivity index (χ1v) is 11.5. The third kappa shape index (κ3) is 4.05. The molecule has 26 heavy (non-hydrogen) atoms. The van der Waals surface area contributed by atoms with Gasteiger partial charge in [-0.2, -0.15) is 0 Å². The summed E-state index contributed by atoms with van der Waals surface area (Å²) >= 11 is 3.37. The Bertz CT molecular complexity index is 793. The molecule has 1 aromatic carbocycles. The lowest BCUT2D eigenvalue weighted by Crippen LogP contribution is -2.47. The second kappa shape index (κ2) is 7.84. The third-order valence-corrected chi connectivity index (χ3v) is 6.57. The highest BCUT2D eigenvalue weighted by Crippen LogP contribution is 2.35. The molecule has 0 aliphatic carbocycles. The molecule has 1 aromatic rings. The van der Waals surface area contributed by atoms with Crippen LogP contribution in [0, 0.1) is 0 Å². The molecule has 2 heterocycles. The minimum atomic E-state index is -3.91. The van der Waals surface area contributed by atoms with E-state index in [0.29, 0.717) is 23.1 Å². The van der Waals surface area contributed by atoms with Crippen molar-refractivity contribution in [2.24, 2.45) is 5.14 Å². The largest absolute Gasteiger partial charge is 0.488 e. The van der Waals surface area contributed by atoms with Gasteiger partial charge in [-0.15, -0.1) is 0 Å². The van der Waals surface area contributed by atoms with E-state index >= 15 is 0 Å². The van der Waals surface area contributed by atoms with Gasteiger partial charge in [0.2, 0.25) is 10.0 Å². The van der Waals surface area contributed by atoms with Gasteiger partial charge in [0.05, 0.1) is 10.5 Å². The molecule has 1 saturated heterocycles. The van der Waals surface area contributed by atoms with Gasteiger partial charge in [0.15, 0.2) is 0 Å². The maximum atomic E-state index is 12.9. The molecule has 0 bridgehead atoms. The molecule has 0 radical (unpaired) electrons. The SMILES string of the molecule is CCC(NC(=O)c1cc(S(N)(=O)=O)cc2c1OC(CBr)C2)C1CCCN1. The van der Waals surface area contributed by atoms with Gasteiger partial charge in [-0.1, -0.05) is 22.9 Å². The fourth-order valence-corrected chi connectivity index (χ4v) is 4.56. The van der Waals surface area contributed by atoms with Gasteiger partial charge < -0.3 is 15.4 Å². The summed E-state index contributed by atoms with van der Waals surface area (Å²) < 4.78 is 29.5. The maximum Gasteiger partial charge on any atom is 0.255 e. The summed E-state index contributed by atoms with van der Waals surface area (Å²) in [6.45, 7) is 2.97. The van der Waals surface area contributed by atoms with Crippen molar-refractivity contribution in [1.29, 1.82) is 0 Å². The van der Waals surface area contributed by atoms with Crippen molar-refractivity contribution in [1.82, 2.24) is 10.6 Å². The van der Waals surface area contributed by atoms with Gasteiger partial charge >= 0.3 is 0 Å². The summed E-state index contributed by atoms with van der Waals surface area (Å²) in [4.78, 5) is 12.9. The number of rotatable bonds is 6. The van der Waals surface area contributed by atoms with E-state index in [1.54, 1.807) is 0 Å². The van der Waals surface area contributed by atoms with Gasteiger partial charge in [0.1, 0.15) is 11.9 Å². The summed E-state index contributed by atoms with van der Waals surface area (Å²) in [7, 11) is -3.91. The fraction of sp³-hybridized carbons (Fsp3) is 0.588. The second-order valence-electron chi connectivity index (χ2n) is 6.79. The van der Waals surface area contributed by atoms with E-state index in [1.165, 1.54) is 12.1 Å². The van der Waals surface area contributed by atoms with Crippen LogP contribution in [0.4, 0.5) is 0 Å². The number of alkyl halides is 1. The smallest absolute Gasteiger partial charge is 0.255 e. The Balaban J connectivity index is 1.92. The van der Waals surface area contributed by atoms with Crippen LogP contribution >= 0.6 is 15.9 Å². The van der Waals surface area contributed by atoms with Gasteiger partial charge in [-0.3, -0.25) is 4.79 Å². The Morgan fingerprint density at radius 2 is 2.27 bits per heavy atom. The molecular weight excluding hydrogens is 422 g/mol. The number of nitrogens with two attached hydrogens (primary N) is 1. The lowest BCUT2D eigenvalue weighted by atomic mass is 10.0. The number of carbonyl (C=O) groups is 1. The Morgan fingerprint density at radius 3 is 2.85 bits per heavy atom. The van der Waals surface area contributed by atoms with Crippen LogP contribution in [0.15, 0.2) is 17.0 Å². The number of halogens is 1. The van der Waals surface area contributed by atoms with Crippen LogP contribution in [0.5, 0.6) is 5.75 Å². The Kier molecular flexibility index (Phi) is 5.91. The molecule has 2 aliphatic heterocycles. The van der Waals surface area contributed by atoms with E-state index in [9.17, 15) is 13.2 Å². The first-order chi connectivity index (χ1) is 12.3. The van der Waals surface area contributed by atoms with E-state index in [2.05, 4.69) is 26.6 Å². The van der Waals surface area contributed by atoms with Crippen LogP contribution in [0.3, 0.4) is 0 Å². The lowest BCUT2D eigenvalue weighted by Gasteiger charge is -2.24. The summed E-state index contributed by atoms with van der Waals surface area (Å²) in [5.74, 6) is 0.121. The van der Waals surface area contributed by atoms with Gasteiger partial charge in [-0.05, 0) is 37.9 Å². The number of hydrogen-bond donors (Lipinski definition) is 3. The van der Waals surface area contributed by atoms with Crippen LogP contribution in [0.2, 0.25) is 0 Å². The Labute approximate surface area is 162 Å². The number of nitrogens with one attached hydrogen (secondary N) is 2. The van der Waals surface area contributed by atoms with Crippen molar-refractivity contribution in [2.75, 3.05) is 11.9 Å². The highest BCUT2D eigenvalue weighted by Gasteiger charge is 2.31. The Morgan fingerprint density at radius 1 is 1.50 bits per heavy atom. The zero-order valence-corrected chi connectivity index (χ0v) is 17.0. The zero-order valence-electron chi connectivity index (χ0n) is 14.6. The molecule has 9 heteroatoms. The number of carbonyl (C=O) groups excluding carboxylic acids is 1. The van der Waals surface area contributed by atoms with Crippen LogP contribution in [-0.2, 0) is 16.4 Å². The van der Waals surface area contributed by atoms with Crippen molar-refractivity contribution in [3.63, 3.8) is 0 Å². The molecule has 0 spiro atoms. The fourth-order valence-electron chi connectivity index (χ4n) is 3.61. The average Bonchev–Trinajstić information content (AvgIpc) is 3.26. The van der Waals surface area contributed by atoms with Crippen LogP contribution in [0.1, 0.15) is 42.1 Å². The van der Waals surface area contributed by atoms with Crippen LogP contribution in [0.25, 0.3) is 0 Å². The molecular formula is C17H24BrN3O4S. The minimum absolute atomic E-state index is 0.0211. The number of ether oxygens (including phenoxy) is 1. The Hall–Kier alpha value is -1.16. The zero-order chi connectivity index (χ0) is 18.9. The molecule has 2 aliphatic rings. The van der Waals surface area contributed by atoms with Gasteiger partial charge in [-0.25, -0.2) is 13.6 Å². The molecule has 144 valence electrons. The maximum absolute atomic E-state index is 12.9. The first kappa shape index (κ1) is 19.6. The highest BCUT2D eigenvalue weighted by molar-refractivity contribution is 9.09. The number of fused-ring (bicyclic) bond motifs is 1. The van der Waals surface area contributed by atoms with E-state index in [-0.39, 0.29) is 34.6 Å². The third-order valence-electron chi connectivity index (χ3n) is 4.96. The van der Waals surface area contributed by atoms with Gasteiger partial charge in [0, 0.05) is 29.4 Å². The standard InChI is InChI=1S/C17H24BrN3O4S/c1-2-14(15-4-3-5-20-15)21-17(22)13-8-12(26(19,23)24)7-10-6-11(9-18)25-16(10)13/h7-8,11,14-15,20H,2-6,9H2,1H3,(H,21,22)(H2,19,23,24). The molecule has 3 unspecified atom stereocenters. The van der Waals surface area contributed by atoms with E-state index in [1.807, 2.05) is 6.92 Å². The topological polar surface area (TPSA) is 111 Å². The average molecular weight is 446 g/mol. The van der Waals surface area contributed by atoms with Crippen molar-refractivity contribution >= 4 is 31.9 Å². The lowest BCUT2D eigenvalue weighted by molar-refractivity contribution is 0.0923. The van der Waals surface area contributed by atoms with Crippen molar-refractivity contribution in [3.8, 4) is 5.75 Å². The summed E-state index contributed by atoms with van der Waals surface area (Å²) in [6, 6.07) is 3.02. The summed E-state index contributed by atoms with van der Waals surface area (Å²) in [5.41, 5.74) is 0.921. The quantitative estimate of drug-likeness (QED) is 0.571. The second-order valence-corrected chi connectivity index (χ2v) is 9.00. The molecule has 0 saturated carbocycles. The van der Waals surface area contributed by atoms with Crippen molar-refractivity contribution in [3.05, 3.63) is 23.3 Å². The summed E-state index contributed by atoms with van der Waals surface area (Å²) in [5, 5.41) is 12.3. The molecule has 1 amide bonds. The van der Waals surface area contributed by atoms with Crippen molar-refractivity contribution in [2.45, 2.75) is 55.7 Å². The number of primary sulfonamides is 1. The highest BCUT2D eigenvalue weighted by atomic mass is 79.9. The number of benzene rings is 1. The van der Waals surface area contributed by atoms with E-state index < -0.39 is 10.0 Å². The van der Waals surface area contributed by atoms with Crippen molar-refractivity contribution < 1.29 is 17.9 Å². The monoisotopic (exact) mass is 445 g/mol. The molecule has 0 aromatic heterocycles. The first-order valence-electron chi connectivity index (χ1n) is 8.80. The number of sulfonamides is 1. The van der Waals surface area contributed by atoms with Crippen LogP contribution < -0.4 is 20.5 Å². The van der Waals surface area contributed by atoms with Gasteiger partial charge in [0.25, 0.3) is 5.91 Å². The van der Waals surface area contributed by atoms with E-state index in [0.717, 1.165) is 25.8 Å². The molecule has 3 atom stereocenters. The van der Waals surface area contributed by atoms with E-state index in [4.69, 9.17) is 9.88 Å². The molecule has 7 nitrogen and oxygen atoms in total. The normalized spacial score (nSPS) is 23.3. The summed E-state index contributed by atoms with van der Waals surface area (Å²) in [6.07, 6.45) is 3.28.